The number of benzene rings is 2. The minimum atomic E-state index is -0.377. The number of fused-ring (bicyclic) bond motifs is 2. The van der Waals surface area contributed by atoms with Crippen molar-refractivity contribution in [2.45, 2.75) is 52.4 Å². The lowest BCUT2D eigenvalue weighted by atomic mass is 9.86. The van der Waals surface area contributed by atoms with Gasteiger partial charge >= 0.3 is 0 Å². The number of nitrogens with zero attached hydrogens (tertiary/aromatic N) is 1. The molecule has 0 atom stereocenters. The van der Waals surface area contributed by atoms with E-state index in [4.69, 9.17) is 8.83 Å². The molecule has 5 heteroatoms. The maximum atomic E-state index is 13.2. The van der Waals surface area contributed by atoms with Crippen LogP contribution in [-0.2, 0) is 10.8 Å². The lowest BCUT2D eigenvalue weighted by Crippen LogP contribution is -2.10. The highest BCUT2D eigenvalue weighted by Gasteiger charge is 2.22. The molecule has 0 aliphatic rings. The Labute approximate surface area is 210 Å². The Bertz CT molecular complexity index is 1520. The minimum Gasteiger partial charge on any atom is -0.453 e. The second-order valence-electron chi connectivity index (χ2n) is 11.3. The predicted octanol–water partition coefficient (Wildman–Crippen LogP) is 7.63. The Hall–Kier alpha value is -3.99. The predicted molar refractivity (Wildman–Crippen MR) is 141 cm³/mol. The number of aromatic nitrogens is 1. The molecule has 0 amide bonds. The zero-order valence-corrected chi connectivity index (χ0v) is 21.4. The van der Waals surface area contributed by atoms with Crippen LogP contribution in [0.1, 0.15) is 85.2 Å². The molecule has 182 valence electrons. The van der Waals surface area contributed by atoms with Crippen LogP contribution in [0.2, 0.25) is 0 Å². The van der Waals surface area contributed by atoms with Crippen molar-refractivity contribution in [3.8, 4) is 0 Å². The molecule has 0 unspecified atom stereocenters. The van der Waals surface area contributed by atoms with Gasteiger partial charge in [-0.15, -0.1) is 0 Å². The molecule has 2 aromatic carbocycles. The highest BCUT2D eigenvalue weighted by atomic mass is 16.3. The number of ketones is 2. The zero-order chi connectivity index (χ0) is 25.8. The van der Waals surface area contributed by atoms with Crippen LogP contribution in [0.4, 0.5) is 0 Å². The topological polar surface area (TPSA) is 73.3 Å². The first-order valence-electron chi connectivity index (χ1n) is 12.0. The molecular formula is C31H29NO4. The van der Waals surface area contributed by atoms with Crippen LogP contribution in [-0.4, -0.2) is 16.6 Å². The van der Waals surface area contributed by atoms with Crippen molar-refractivity contribution < 1.29 is 18.4 Å². The van der Waals surface area contributed by atoms with Gasteiger partial charge in [-0.3, -0.25) is 9.59 Å². The van der Waals surface area contributed by atoms with Crippen LogP contribution < -0.4 is 0 Å². The van der Waals surface area contributed by atoms with E-state index in [0.29, 0.717) is 11.2 Å². The number of furan rings is 2. The first kappa shape index (κ1) is 23.7. The van der Waals surface area contributed by atoms with Gasteiger partial charge in [0.05, 0.1) is 0 Å². The van der Waals surface area contributed by atoms with Crippen LogP contribution in [0.3, 0.4) is 0 Å². The van der Waals surface area contributed by atoms with Crippen molar-refractivity contribution in [2.24, 2.45) is 0 Å². The number of hydrogen-bond donors (Lipinski definition) is 0. The SMILES string of the molecule is CC(C)(C)c1ccc2oc(C(=O)c3cccc(C(=O)c4cc5cc(C(C)(C)C)ccc5o4)n3)cc2c1. The highest BCUT2D eigenvalue weighted by Crippen LogP contribution is 2.30. The van der Waals surface area contributed by atoms with Crippen molar-refractivity contribution in [3.63, 3.8) is 0 Å². The molecule has 0 saturated carbocycles. The van der Waals surface area contributed by atoms with Crippen molar-refractivity contribution >= 4 is 33.5 Å². The first-order chi connectivity index (χ1) is 16.9. The van der Waals surface area contributed by atoms with Gasteiger partial charge in [-0.2, -0.15) is 0 Å². The van der Waals surface area contributed by atoms with Crippen molar-refractivity contribution in [3.05, 3.63) is 101 Å². The summed E-state index contributed by atoms with van der Waals surface area (Å²) < 4.78 is 11.6. The van der Waals surface area contributed by atoms with Gasteiger partial charge in [0.1, 0.15) is 22.6 Å². The zero-order valence-electron chi connectivity index (χ0n) is 21.4. The first-order valence-corrected chi connectivity index (χ1v) is 12.0. The van der Waals surface area contributed by atoms with Gasteiger partial charge in [-0.25, -0.2) is 4.98 Å². The summed E-state index contributed by atoms with van der Waals surface area (Å²) in [5.41, 5.74) is 3.82. The van der Waals surface area contributed by atoms with Crippen LogP contribution in [0.5, 0.6) is 0 Å². The second-order valence-corrected chi connectivity index (χ2v) is 11.3. The summed E-state index contributed by atoms with van der Waals surface area (Å²) in [5.74, 6) is -0.381. The Morgan fingerprint density at radius 1 is 0.611 bits per heavy atom. The van der Waals surface area contributed by atoms with E-state index in [-0.39, 0.29) is 45.3 Å². The summed E-state index contributed by atoms with van der Waals surface area (Å²) in [6.07, 6.45) is 0. The minimum absolute atomic E-state index is 0.0170. The Morgan fingerprint density at radius 2 is 1.03 bits per heavy atom. The Kier molecular flexibility index (Phi) is 5.47. The van der Waals surface area contributed by atoms with Gasteiger partial charge in [-0.05, 0) is 70.5 Å². The second kappa shape index (κ2) is 8.30. The standard InChI is InChI=1S/C31H29NO4/c1-30(2,3)20-10-12-24-18(14-20)16-26(35-24)28(33)22-8-7-9-23(32-22)29(34)27-17-19-15-21(31(4,5)6)11-13-25(19)36-27/h7-17H,1-6H3. The van der Waals surface area contributed by atoms with Gasteiger partial charge < -0.3 is 8.83 Å². The molecule has 0 fully saturated rings. The maximum Gasteiger partial charge on any atom is 0.246 e. The molecule has 5 rings (SSSR count). The van der Waals surface area contributed by atoms with Gasteiger partial charge in [-0.1, -0.05) is 59.7 Å². The molecule has 0 radical (unpaired) electrons. The fraction of sp³-hybridized carbons (Fsp3) is 0.258. The van der Waals surface area contributed by atoms with Gasteiger partial charge in [0.25, 0.3) is 0 Å². The van der Waals surface area contributed by atoms with E-state index in [9.17, 15) is 9.59 Å². The molecule has 0 bridgehead atoms. The molecule has 3 aromatic heterocycles. The van der Waals surface area contributed by atoms with Crippen molar-refractivity contribution in [1.29, 1.82) is 0 Å². The van der Waals surface area contributed by atoms with E-state index in [1.165, 1.54) is 0 Å². The third-order valence-electron chi connectivity index (χ3n) is 6.43. The number of hydrogen-bond acceptors (Lipinski definition) is 5. The number of pyridine rings is 1. The van der Waals surface area contributed by atoms with E-state index in [1.807, 2.05) is 36.4 Å². The summed E-state index contributed by atoms with van der Waals surface area (Å²) in [5, 5.41) is 1.71. The van der Waals surface area contributed by atoms with Crippen molar-refractivity contribution in [1.82, 2.24) is 4.98 Å². The third-order valence-corrected chi connectivity index (χ3v) is 6.43. The molecule has 0 spiro atoms. The molecule has 0 N–H and O–H groups in total. The number of rotatable bonds is 4. The summed E-state index contributed by atoms with van der Waals surface area (Å²) in [7, 11) is 0. The quantitative estimate of drug-likeness (QED) is 0.248. The highest BCUT2D eigenvalue weighted by molar-refractivity contribution is 6.10. The molecule has 5 aromatic rings. The largest absolute Gasteiger partial charge is 0.453 e. The molecule has 5 nitrogen and oxygen atoms in total. The van der Waals surface area contributed by atoms with E-state index >= 15 is 0 Å². The number of carbonyl (C=O) groups is 2. The summed E-state index contributed by atoms with van der Waals surface area (Å²) in [6, 6.07) is 20.1. The van der Waals surface area contributed by atoms with Crippen LogP contribution in [0, 0.1) is 0 Å². The van der Waals surface area contributed by atoms with Crippen LogP contribution >= 0.6 is 0 Å². The maximum absolute atomic E-state index is 13.2. The summed E-state index contributed by atoms with van der Waals surface area (Å²) in [4.78, 5) is 30.7. The van der Waals surface area contributed by atoms with Gasteiger partial charge in [0.15, 0.2) is 11.5 Å². The molecule has 0 aliphatic carbocycles. The molecule has 36 heavy (non-hydrogen) atoms. The average Bonchev–Trinajstić information content (AvgIpc) is 3.45. The normalized spacial score (nSPS) is 12.4. The Morgan fingerprint density at radius 3 is 1.42 bits per heavy atom. The van der Waals surface area contributed by atoms with Gasteiger partial charge in [0, 0.05) is 10.8 Å². The number of carbonyl (C=O) groups excluding carboxylic acids is 2. The average molecular weight is 480 g/mol. The van der Waals surface area contributed by atoms with E-state index < -0.39 is 0 Å². The fourth-order valence-corrected chi connectivity index (χ4v) is 4.18. The van der Waals surface area contributed by atoms with Gasteiger partial charge in [0.2, 0.25) is 11.6 Å². The van der Waals surface area contributed by atoms with E-state index in [0.717, 1.165) is 21.9 Å². The van der Waals surface area contributed by atoms with E-state index in [1.54, 1.807) is 30.3 Å². The molecule has 0 aliphatic heterocycles. The smallest absolute Gasteiger partial charge is 0.246 e. The van der Waals surface area contributed by atoms with Crippen LogP contribution in [0.25, 0.3) is 21.9 Å². The molecule has 0 saturated heterocycles. The summed E-state index contributed by atoms with van der Waals surface area (Å²) in [6.45, 7) is 12.8. The fourth-order valence-electron chi connectivity index (χ4n) is 4.18. The van der Waals surface area contributed by atoms with E-state index in [2.05, 4.69) is 46.5 Å². The van der Waals surface area contributed by atoms with Crippen LogP contribution in [0.15, 0.2) is 75.6 Å². The lowest BCUT2D eigenvalue weighted by Gasteiger charge is -2.18. The lowest BCUT2D eigenvalue weighted by molar-refractivity contribution is 0.100. The third kappa shape index (κ3) is 4.37. The molecule has 3 heterocycles. The Balaban J connectivity index is 1.45. The van der Waals surface area contributed by atoms with Crippen molar-refractivity contribution in [2.75, 3.05) is 0 Å². The monoisotopic (exact) mass is 479 g/mol. The summed E-state index contributed by atoms with van der Waals surface area (Å²) >= 11 is 0. The molecular weight excluding hydrogens is 450 g/mol.